The number of hydrogen-bond donors (Lipinski definition) is 1. The molecule has 1 saturated heterocycles. The summed E-state index contributed by atoms with van der Waals surface area (Å²) in [5.74, 6) is 0.214. The van der Waals surface area contributed by atoms with Crippen LogP contribution in [-0.4, -0.2) is 35.4 Å². The lowest BCUT2D eigenvalue weighted by Crippen LogP contribution is -2.32. The second kappa shape index (κ2) is 4.89. The van der Waals surface area contributed by atoms with Crippen molar-refractivity contribution in [1.29, 1.82) is 0 Å². The molecular weight excluding hydrogens is 190 g/mol. The molecule has 0 saturated carbocycles. The molecule has 0 aliphatic carbocycles. The van der Waals surface area contributed by atoms with Gasteiger partial charge in [-0.25, -0.2) is 0 Å². The van der Waals surface area contributed by atoms with Crippen LogP contribution in [0.3, 0.4) is 0 Å². The minimum absolute atomic E-state index is 0.214. The number of pyridine rings is 1. The number of carbonyl (C=O) groups excluding carboxylic acids is 1. The lowest BCUT2D eigenvalue weighted by Gasteiger charge is -2.19. The van der Waals surface area contributed by atoms with Crippen LogP contribution in [0.1, 0.15) is 12.1 Å². The third-order valence-corrected chi connectivity index (χ3v) is 2.51. The molecule has 0 radical (unpaired) electrons. The largest absolute Gasteiger partial charge is 0.335 e. The number of rotatable bonds is 2. The van der Waals surface area contributed by atoms with E-state index in [1.165, 1.54) is 0 Å². The number of hydrogen-bond acceptors (Lipinski definition) is 3. The fourth-order valence-electron chi connectivity index (χ4n) is 1.67. The summed E-state index contributed by atoms with van der Waals surface area (Å²) in [6, 6.07) is 5.78. The first-order valence-corrected chi connectivity index (χ1v) is 5.24. The third kappa shape index (κ3) is 2.76. The number of nitrogens with one attached hydrogen (secondary N) is 1. The van der Waals surface area contributed by atoms with E-state index in [-0.39, 0.29) is 5.91 Å². The molecule has 0 unspecified atom stereocenters. The van der Waals surface area contributed by atoms with Crippen molar-refractivity contribution < 1.29 is 4.79 Å². The topological polar surface area (TPSA) is 45.2 Å². The smallest absolute Gasteiger partial charge is 0.224 e. The van der Waals surface area contributed by atoms with Gasteiger partial charge in [0.2, 0.25) is 5.91 Å². The van der Waals surface area contributed by atoms with Crippen LogP contribution in [0.2, 0.25) is 0 Å². The molecule has 0 atom stereocenters. The van der Waals surface area contributed by atoms with Crippen molar-refractivity contribution in [3.63, 3.8) is 0 Å². The maximum atomic E-state index is 11.7. The van der Waals surface area contributed by atoms with E-state index in [1.807, 2.05) is 23.1 Å². The SMILES string of the molecule is O=C1CCNCCN1Cc1ccccn1. The monoisotopic (exact) mass is 205 g/mol. The summed E-state index contributed by atoms with van der Waals surface area (Å²) < 4.78 is 0. The van der Waals surface area contributed by atoms with E-state index >= 15 is 0 Å². The molecule has 15 heavy (non-hydrogen) atoms. The van der Waals surface area contributed by atoms with Crippen molar-refractivity contribution >= 4 is 5.91 Å². The molecule has 1 aromatic rings. The van der Waals surface area contributed by atoms with Gasteiger partial charge in [-0.15, -0.1) is 0 Å². The van der Waals surface area contributed by atoms with Gasteiger partial charge in [0.25, 0.3) is 0 Å². The van der Waals surface area contributed by atoms with Crippen molar-refractivity contribution in [3.8, 4) is 0 Å². The summed E-state index contributed by atoms with van der Waals surface area (Å²) in [5, 5.41) is 3.21. The first kappa shape index (κ1) is 10.1. The lowest BCUT2D eigenvalue weighted by atomic mass is 10.3. The normalized spacial score (nSPS) is 17.6. The van der Waals surface area contributed by atoms with Crippen molar-refractivity contribution in [2.24, 2.45) is 0 Å². The average molecular weight is 205 g/mol. The molecule has 2 rings (SSSR count). The molecule has 1 fully saturated rings. The van der Waals surface area contributed by atoms with E-state index < -0.39 is 0 Å². The highest BCUT2D eigenvalue weighted by atomic mass is 16.2. The molecule has 80 valence electrons. The van der Waals surface area contributed by atoms with Crippen LogP contribution in [0.4, 0.5) is 0 Å². The Kier molecular flexibility index (Phi) is 3.29. The van der Waals surface area contributed by atoms with Gasteiger partial charge >= 0.3 is 0 Å². The van der Waals surface area contributed by atoms with Crippen LogP contribution < -0.4 is 5.32 Å². The van der Waals surface area contributed by atoms with E-state index in [1.54, 1.807) is 6.20 Å². The maximum absolute atomic E-state index is 11.7. The predicted octanol–water partition coefficient (Wildman–Crippen LogP) is 0.403. The minimum Gasteiger partial charge on any atom is -0.335 e. The van der Waals surface area contributed by atoms with E-state index in [4.69, 9.17) is 0 Å². The van der Waals surface area contributed by atoms with Gasteiger partial charge in [-0.1, -0.05) is 6.07 Å². The molecule has 1 N–H and O–H groups in total. The first-order valence-electron chi connectivity index (χ1n) is 5.24. The highest BCUT2D eigenvalue weighted by molar-refractivity contribution is 5.76. The van der Waals surface area contributed by atoms with Gasteiger partial charge in [0, 0.05) is 32.3 Å². The highest BCUT2D eigenvalue weighted by Crippen LogP contribution is 2.04. The Bertz CT molecular complexity index is 326. The summed E-state index contributed by atoms with van der Waals surface area (Å²) in [7, 11) is 0. The van der Waals surface area contributed by atoms with E-state index in [9.17, 15) is 4.79 Å². The Morgan fingerprint density at radius 1 is 1.40 bits per heavy atom. The van der Waals surface area contributed by atoms with E-state index in [0.717, 1.165) is 25.3 Å². The fraction of sp³-hybridized carbons (Fsp3) is 0.455. The quantitative estimate of drug-likeness (QED) is 0.760. The van der Waals surface area contributed by atoms with Crippen molar-refractivity contribution in [1.82, 2.24) is 15.2 Å². The number of carbonyl (C=O) groups is 1. The zero-order valence-corrected chi connectivity index (χ0v) is 8.65. The van der Waals surface area contributed by atoms with Crippen molar-refractivity contribution in [2.45, 2.75) is 13.0 Å². The van der Waals surface area contributed by atoms with Crippen LogP contribution in [0.25, 0.3) is 0 Å². The van der Waals surface area contributed by atoms with Crippen LogP contribution in [0, 0.1) is 0 Å². The Labute approximate surface area is 89.3 Å². The highest BCUT2D eigenvalue weighted by Gasteiger charge is 2.16. The summed E-state index contributed by atoms with van der Waals surface area (Å²) in [6.45, 7) is 3.06. The molecule has 1 aromatic heterocycles. The van der Waals surface area contributed by atoms with Gasteiger partial charge in [-0.2, -0.15) is 0 Å². The third-order valence-electron chi connectivity index (χ3n) is 2.51. The van der Waals surface area contributed by atoms with Crippen molar-refractivity contribution in [2.75, 3.05) is 19.6 Å². The lowest BCUT2D eigenvalue weighted by molar-refractivity contribution is -0.131. The molecule has 1 amide bonds. The molecule has 0 bridgehead atoms. The molecule has 1 aliphatic rings. The Morgan fingerprint density at radius 3 is 3.13 bits per heavy atom. The van der Waals surface area contributed by atoms with Crippen LogP contribution in [-0.2, 0) is 11.3 Å². The number of nitrogens with zero attached hydrogens (tertiary/aromatic N) is 2. The summed E-state index contributed by atoms with van der Waals surface area (Å²) in [6.07, 6.45) is 2.35. The fourth-order valence-corrected chi connectivity index (χ4v) is 1.67. The van der Waals surface area contributed by atoms with Crippen molar-refractivity contribution in [3.05, 3.63) is 30.1 Å². The van der Waals surface area contributed by atoms with E-state index in [0.29, 0.717) is 13.0 Å². The maximum Gasteiger partial charge on any atom is 0.224 e. The average Bonchev–Trinajstić information content (AvgIpc) is 2.46. The Morgan fingerprint density at radius 2 is 2.33 bits per heavy atom. The summed E-state index contributed by atoms with van der Waals surface area (Å²) >= 11 is 0. The van der Waals surface area contributed by atoms with Gasteiger partial charge in [0.15, 0.2) is 0 Å². The zero-order valence-electron chi connectivity index (χ0n) is 8.65. The Balaban J connectivity index is 2.01. The van der Waals surface area contributed by atoms with Crippen LogP contribution in [0.15, 0.2) is 24.4 Å². The van der Waals surface area contributed by atoms with Gasteiger partial charge in [0.1, 0.15) is 0 Å². The summed E-state index contributed by atoms with van der Waals surface area (Å²) in [5.41, 5.74) is 0.952. The Hall–Kier alpha value is -1.42. The molecule has 0 aromatic carbocycles. The summed E-state index contributed by atoms with van der Waals surface area (Å²) in [4.78, 5) is 17.8. The zero-order chi connectivity index (χ0) is 10.5. The first-order chi connectivity index (χ1) is 7.36. The number of aromatic nitrogens is 1. The molecule has 4 nitrogen and oxygen atoms in total. The second-order valence-electron chi connectivity index (χ2n) is 3.64. The standard InChI is InChI=1S/C11H15N3O/c15-11-4-6-12-7-8-14(11)9-10-3-1-2-5-13-10/h1-3,5,12H,4,6-9H2. The van der Waals surface area contributed by atoms with Crippen LogP contribution >= 0.6 is 0 Å². The molecule has 2 heterocycles. The second-order valence-corrected chi connectivity index (χ2v) is 3.64. The van der Waals surface area contributed by atoms with Gasteiger partial charge in [-0.05, 0) is 12.1 Å². The minimum atomic E-state index is 0.214. The predicted molar refractivity (Wildman–Crippen MR) is 57.1 cm³/mol. The molecule has 4 heteroatoms. The molecular formula is C11H15N3O. The van der Waals surface area contributed by atoms with Gasteiger partial charge in [0.05, 0.1) is 12.2 Å². The van der Waals surface area contributed by atoms with Gasteiger partial charge < -0.3 is 10.2 Å². The van der Waals surface area contributed by atoms with Gasteiger partial charge in [-0.3, -0.25) is 9.78 Å². The molecule has 0 spiro atoms. The molecule has 1 aliphatic heterocycles. The van der Waals surface area contributed by atoms with Crippen LogP contribution in [0.5, 0.6) is 0 Å². The number of amides is 1. The van der Waals surface area contributed by atoms with E-state index in [2.05, 4.69) is 10.3 Å².